The van der Waals surface area contributed by atoms with Gasteiger partial charge in [0.25, 0.3) is 0 Å². The summed E-state index contributed by atoms with van der Waals surface area (Å²) in [5.74, 6) is 0.965. The Morgan fingerprint density at radius 2 is 1.67 bits per heavy atom. The third-order valence-corrected chi connectivity index (χ3v) is 7.20. The highest BCUT2D eigenvalue weighted by molar-refractivity contribution is 9.10. The van der Waals surface area contributed by atoms with Crippen molar-refractivity contribution in [3.63, 3.8) is 0 Å². The van der Waals surface area contributed by atoms with E-state index in [-0.39, 0.29) is 11.9 Å². The van der Waals surface area contributed by atoms with Gasteiger partial charge in [0.1, 0.15) is 5.76 Å². The zero-order chi connectivity index (χ0) is 18.4. The van der Waals surface area contributed by atoms with Gasteiger partial charge in [0, 0.05) is 16.0 Å². The molecular weight excluding hydrogens is 400 g/mol. The third kappa shape index (κ3) is 2.70. The molecule has 0 aromatic heterocycles. The standard InChI is InChI=1S/C24H23BrO2/c25-18-11-8-17(9-12-18)21-20-13-10-16-6-2-3-7-19(16)22(20)27-23(26)24(21)14-4-1-5-15-24/h2-3,6-9,11-12,21H,1,4-5,10,13-15H2. The van der Waals surface area contributed by atoms with Crippen LogP contribution in [-0.4, -0.2) is 5.97 Å². The van der Waals surface area contributed by atoms with Crippen LogP contribution in [0, 0.1) is 5.41 Å². The molecule has 2 aromatic rings. The second-order valence-corrected chi connectivity index (χ2v) is 9.02. The number of carbonyl (C=O) groups is 1. The van der Waals surface area contributed by atoms with Crippen LogP contribution in [0.4, 0.5) is 0 Å². The summed E-state index contributed by atoms with van der Waals surface area (Å²) >= 11 is 3.56. The molecule has 1 saturated carbocycles. The number of hydrogen-bond donors (Lipinski definition) is 0. The van der Waals surface area contributed by atoms with Crippen molar-refractivity contribution >= 4 is 27.7 Å². The maximum Gasteiger partial charge on any atom is 0.318 e. The van der Waals surface area contributed by atoms with E-state index in [9.17, 15) is 4.79 Å². The second-order valence-electron chi connectivity index (χ2n) is 8.10. The SMILES string of the molecule is O=C1OC2=C(CCc3ccccc32)C(c2ccc(Br)cc2)C12CCCCC2. The number of allylic oxidation sites excluding steroid dienone is 1. The number of aryl methyl sites for hydroxylation is 1. The molecule has 0 bridgehead atoms. The van der Waals surface area contributed by atoms with Crippen LogP contribution in [0.15, 0.2) is 58.6 Å². The highest BCUT2D eigenvalue weighted by atomic mass is 79.9. The van der Waals surface area contributed by atoms with Crippen molar-refractivity contribution in [1.29, 1.82) is 0 Å². The van der Waals surface area contributed by atoms with E-state index in [0.717, 1.165) is 54.3 Å². The summed E-state index contributed by atoms with van der Waals surface area (Å²) in [5.41, 5.74) is 4.59. The number of fused-ring (bicyclic) bond motifs is 2. The lowest BCUT2D eigenvalue weighted by Crippen LogP contribution is -2.45. The monoisotopic (exact) mass is 422 g/mol. The molecule has 0 saturated heterocycles. The zero-order valence-corrected chi connectivity index (χ0v) is 16.9. The van der Waals surface area contributed by atoms with Gasteiger partial charge in [-0.1, -0.05) is 71.6 Å². The molecule has 1 aliphatic heterocycles. The number of hydrogen-bond acceptors (Lipinski definition) is 2. The van der Waals surface area contributed by atoms with Crippen LogP contribution < -0.4 is 0 Å². The van der Waals surface area contributed by atoms with Crippen LogP contribution in [0.1, 0.15) is 61.1 Å². The molecule has 5 rings (SSSR count). The van der Waals surface area contributed by atoms with Crippen molar-refractivity contribution in [1.82, 2.24) is 0 Å². The van der Waals surface area contributed by atoms with Gasteiger partial charge in [0.2, 0.25) is 0 Å². The molecular formula is C24H23BrO2. The van der Waals surface area contributed by atoms with Gasteiger partial charge < -0.3 is 4.74 Å². The number of esters is 1. The number of halogens is 1. The predicted molar refractivity (Wildman–Crippen MR) is 110 cm³/mol. The fourth-order valence-corrected chi connectivity index (χ4v) is 5.67. The number of benzene rings is 2. The Labute approximate surface area is 168 Å². The second kappa shape index (κ2) is 6.63. The summed E-state index contributed by atoms with van der Waals surface area (Å²) in [6, 6.07) is 17.0. The van der Waals surface area contributed by atoms with Crippen LogP contribution >= 0.6 is 15.9 Å². The molecule has 3 heteroatoms. The first-order valence-electron chi connectivity index (χ1n) is 9.98. The van der Waals surface area contributed by atoms with Crippen molar-refractivity contribution in [3.8, 4) is 0 Å². The molecule has 138 valence electrons. The first-order chi connectivity index (χ1) is 13.2. The lowest BCUT2D eigenvalue weighted by molar-refractivity contribution is -0.153. The summed E-state index contributed by atoms with van der Waals surface area (Å²) in [7, 11) is 0. The quantitative estimate of drug-likeness (QED) is 0.497. The maximum atomic E-state index is 13.4. The maximum absolute atomic E-state index is 13.4. The molecule has 1 fully saturated rings. The van der Waals surface area contributed by atoms with Crippen molar-refractivity contribution in [2.75, 3.05) is 0 Å². The van der Waals surface area contributed by atoms with Crippen molar-refractivity contribution in [2.24, 2.45) is 5.41 Å². The Bertz CT molecular complexity index is 920. The number of ether oxygens (including phenoxy) is 1. The lowest BCUT2D eigenvalue weighted by Gasteiger charge is -2.47. The van der Waals surface area contributed by atoms with E-state index < -0.39 is 5.41 Å². The van der Waals surface area contributed by atoms with Crippen LogP contribution in [0.3, 0.4) is 0 Å². The minimum absolute atomic E-state index is 0.00873. The summed E-state index contributed by atoms with van der Waals surface area (Å²) in [6.07, 6.45) is 7.31. The third-order valence-electron chi connectivity index (χ3n) is 6.67. The highest BCUT2D eigenvalue weighted by Crippen LogP contribution is 2.58. The Hall–Kier alpha value is -1.87. The lowest BCUT2D eigenvalue weighted by atomic mass is 9.59. The molecule has 2 nitrogen and oxygen atoms in total. The molecule has 0 N–H and O–H groups in total. The van der Waals surface area contributed by atoms with Crippen molar-refractivity contribution < 1.29 is 9.53 Å². The summed E-state index contributed by atoms with van der Waals surface area (Å²) in [6.45, 7) is 0. The van der Waals surface area contributed by atoms with E-state index in [1.165, 1.54) is 23.1 Å². The molecule has 0 amide bonds. The molecule has 1 atom stereocenters. The molecule has 1 unspecified atom stereocenters. The van der Waals surface area contributed by atoms with Gasteiger partial charge >= 0.3 is 5.97 Å². The Morgan fingerprint density at radius 3 is 2.44 bits per heavy atom. The molecule has 2 aliphatic carbocycles. The molecule has 1 spiro atoms. The fraction of sp³-hybridized carbons (Fsp3) is 0.375. The van der Waals surface area contributed by atoms with Gasteiger partial charge in [-0.3, -0.25) is 4.79 Å². The van der Waals surface area contributed by atoms with Crippen LogP contribution in [0.25, 0.3) is 5.76 Å². The molecule has 0 radical (unpaired) electrons. The van der Waals surface area contributed by atoms with Crippen LogP contribution in [0.2, 0.25) is 0 Å². The average Bonchev–Trinajstić information content (AvgIpc) is 2.71. The summed E-state index contributed by atoms with van der Waals surface area (Å²) in [4.78, 5) is 13.4. The van der Waals surface area contributed by atoms with E-state index in [2.05, 4.69) is 58.4 Å². The Morgan fingerprint density at radius 1 is 0.926 bits per heavy atom. The van der Waals surface area contributed by atoms with E-state index in [1.54, 1.807) is 0 Å². The van der Waals surface area contributed by atoms with Gasteiger partial charge in [-0.25, -0.2) is 0 Å². The largest absolute Gasteiger partial charge is 0.425 e. The topological polar surface area (TPSA) is 26.3 Å². The van der Waals surface area contributed by atoms with E-state index in [1.807, 2.05) is 6.07 Å². The van der Waals surface area contributed by atoms with Crippen molar-refractivity contribution in [3.05, 3.63) is 75.3 Å². The van der Waals surface area contributed by atoms with Crippen LogP contribution in [-0.2, 0) is 16.0 Å². The minimum Gasteiger partial charge on any atom is -0.425 e. The Kier molecular flexibility index (Phi) is 4.23. The van der Waals surface area contributed by atoms with Gasteiger partial charge in [-0.15, -0.1) is 0 Å². The molecule has 1 heterocycles. The highest BCUT2D eigenvalue weighted by Gasteiger charge is 2.53. The van der Waals surface area contributed by atoms with Crippen molar-refractivity contribution in [2.45, 2.75) is 50.9 Å². The minimum atomic E-state index is -0.392. The predicted octanol–water partition coefficient (Wildman–Crippen LogP) is 6.40. The average molecular weight is 423 g/mol. The van der Waals surface area contributed by atoms with Gasteiger partial charge in [0.15, 0.2) is 0 Å². The molecule has 2 aromatic carbocycles. The zero-order valence-electron chi connectivity index (χ0n) is 15.3. The normalized spacial score (nSPS) is 23.6. The van der Waals surface area contributed by atoms with Gasteiger partial charge in [-0.05, 0) is 54.5 Å². The molecule has 3 aliphatic rings. The number of rotatable bonds is 1. The van der Waals surface area contributed by atoms with E-state index in [4.69, 9.17) is 4.74 Å². The first kappa shape index (κ1) is 17.2. The van der Waals surface area contributed by atoms with Gasteiger partial charge in [-0.2, -0.15) is 0 Å². The summed E-state index contributed by atoms with van der Waals surface area (Å²) < 4.78 is 7.19. The Balaban J connectivity index is 1.72. The molecule has 27 heavy (non-hydrogen) atoms. The van der Waals surface area contributed by atoms with E-state index in [0.29, 0.717) is 0 Å². The van der Waals surface area contributed by atoms with Crippen LogP contribution in [0.5, 0.6) is 0 Å². The van der Waals surface area contributed by atoms with E-state index >= 15 is 0 Å². The first-order valence-corrected chi connectivity index (χ1v) is 10.8. The van der Waals surface area contributed by atoms with Gasteiger partial charge in [0.05, 0.1) is 5.41 Å². The number of carbonyl (C=O) groups excluding carboxylic acids is 1. The fourth-order valence-electron chi connectivity index (χ4n) is 5.41. The summed E-state index contributed by atoms with van der Waals surface area (Å²) in [5, 5.41) is 0. The smallest absolute Gasteiger partial charge is 0.318 e.